The Morgan fingerprint density at radius 3 is 2.83 bits per heavy atom. The molecule has 116 valence electrons. The van der Waals surface area contributed by atoms with Crippen LogP contribution in [-0.2, 0) is 13.0 Å². The van der Waals surface area contributed by atoms with E-state index in [2.05, 4.69) is 40.2 Å². The number of aromatic nitrogens is 2. The predicted molar refractivity (Wildman–Crippen MR) is 95.8 cm³/mol. The second-order valence-electron chi connectivity index (χ2n) is 6.12. The molecule has 3 aromatic rings. The number of fused-ring (bicyclic) bond motifs is 2. The van der Waals surface area contributed by atoms with Crippen LogP contribution in [0.1, 0.15) is 30.1 Å². The highest BCUT2D eigenvalue weighted by Gasteiger charge is 2.24. The van der Waals surface area contributed by atoms with E-state index in [1.165, 1.54) is 5.56 Å². The van der Waals surface area contributed by atoms with E-state index in [9.17, 15) is 4.79 Å². The van der Waals surface area contributed by atoms with Crippen LogP contribution in [-0.4, -0.2) is 9.55 Å². The van der Waals surface area contributed by atoms with Gasteiger partial charge in [0.2, 0.25) is 0 Å². The first-order valence-electron chi connectivity index (χ1n) is 7.96. The summed E-state index contributed by atoms with van der Waals surface area (Å²) in [4.78, 5) is 17.6. The molecule has 0 spiro atoms. The predicted octanol–water partition coefficient (Wildman–Crippen LogP) is 4.28. The fourth-order valence-electron chi connectivity index (χ4n) is 3.46. The summed E-state index contributed by atoms with van der Waals surface area (Å²) >= 11 is 3.47. The van der Waals surface area contributed by atoms with E-state index >= 15 is 0 Å². The van der Waals surface area contributed by atoms with E-state index in [0.717, 1.165) is 41.6 Å². The molecule has 23 heavy (non-hydrogen) atoms. The van der Waals surface area contributed by atoms with Gasteiger partial charge in [-0.15, -0.1) is 0 Å². The summed E-state index contributed by atoms with van der Waals surface area (Å²) < 4.78 is 2.84. The number of hydrogen-bond donors (Lipinski definition) is 0. The quantitative estimate of drug-likeness (QED) is 0.676. The smallest absolute Gasteiger partial charge is 0.261 e. The van der Waals surface area contributed by atoms with E-state index in [1.807, 2.05) is 28.8 Å². The van der Waals surface area contributed by atoms with E-state index in [1.54, 1.807) is 0 Å². The summed E-state index contributed by atoms with van der Waals surface area (Å²) in [6.45, 7) is 0.776. The number of benzene rings is 2. The van der Waals surface area contributed by atoms with Gasteiger partial charge < -0.3 is 0 Å². The van der Waals surface area contributed by atoms with Gasteiger partial charge in [0.05, 0.1) is 10.9 Å². The number of halogens is 1. The summed E-state index contributed by atoms with van der Waals surface area (Å²) in [6.07, 6.45) is 3.06. The van der Waals surface area contributed by atoms with Crippen LogP contribution in [0.4, 0.5) is 0 Å². The Morgan fingerprint density at radius 2 is 2.00 bits per heavy atom. The average molecular weight is 369 g/mol. The van der Waals surface area contributed by atoms with Crippen LogP contribution in [0.2, 0.25) is 0 Å². The lowest BCUT2D eigenvalue weighted by molar-refractivity contribution is 0.426. The van der Waals surface area contributed by atoms with Crippen molar-refractivity contribution in [2.24, 2.45) is 0 Å². The minimum atomic E-state index is 0.0928. The third-order valence-corrected chi connectivity index (χ3v) is 5.06. The molecule has 3 nitrogen and oxygen atoms in total. The molecule has 0 amide bonds. The van der Waals surface area contributed by atoms with Crippen LogP contribution in [0.5, 0.6) is 0 Å². The molecule has 0 saturated carbocycles. The van der Waals surface area contributed by atoms with Gasteiger partial charge in [-0.3, -0.25) is 9.36 Å². The molecule has 4 heteroatoms. The van der Waals surface area contributed by atoms with Gasteiger partial charge in [-0.2, -0.15) is 0 Å². The van der Waals surface area contributed by atoms with E-state index < -0.39 is 0 Å². The molecule has 1 aliphatic heterocycles. The summed E-state index contributed by atoms with van der Waals surface area (Å²) in [7, 11) is 0. The lowest BCUT2D eigenvalue weighted by Crippen LogP contribution is -2.31. The molecule has 1 unspecified atom stereocenters. The Morgan fingerprint density at radius 1 is 1.17 bits per heavy atom. The Balaban J connectivity index is 1.83. The Bertz CT molecular complexity index is 918. The lowest BCUT2D eigenvalue weighted by atomic mass is 9.91. The molecule has 2 heterocycles. The second kappa shape index (κ2) is 5.93. The highest BCUT2D eigenvalue weighted by atomic mass is 79.9. The Hall–Kier alpha value is -1.94. The molecule has 1 aliphatic rings. The molecule has 0 fully saturated rings. The number of hydrogen-bond acceptors (Lipinski definition) is 2. The van der Waals surface area contributed by atoms with Crippen molar-refractivity contribution in [1.29, 1.82) is 0 Å². The largest absolute Gasteiger partial charge is 0.296 e. The molecular formula is C19H17BrN2O. The molecule has 1 atom stereocenters. The Kier molecular flexibility index (Phi) is 3.77. The van der Waals surface area contributed by atoms with Crippen molar-refractivity contribution in [2.75, 3.05) is 0 Å². The fourth-order valence-corrected chi connectivity index (χ4v) is 3.80. The van der Waals surface area contributed by atoms with Gasteiger partial charge in [-0.05, 0) is 43.0 Å². The average Bonchev–Trinajstić information content (AvgIpc) is 2.56. The first kappa shape index (κ1) is 14.6. The van der Waals surface area contributed by atoms with Crippen molar-refractivity contribution in [2.45, 2.75) is 31.7 Å². The van der Waals surface area contributed by atoms with Crippen LogP contribution in [0.3, 0.4) is 0 Å². The SMILES string of the molecule is O=c1c2ccc(Br)cc2nc2n1CCCC2Cc1ccccc1. The molecule has 2 aromatic carbocycles. The normalized spacial score (nSPS) is 17.2. The maximum absolute atomic E-state index is 12.8. The monoisotopic (exact) mass is 368 g/mol. The van der Waals surface area contributed by atoms with Gasteiger partial charge in [-0.25, -0.2) is 4.98 Å². The van der Waals surface area contributed by atoms with E-state index in [0.29, 0.717) is 11.3 Å². The summed E-state index contributed by atoms with van der Waals surface area (Å²) in [5.41, 5.74) is 2.18. The third kappa shape index (κ3) is 2.72. The molecule has 0 radical (unpaired) electrons. The number of rotatable bonds is 2. The maximum atomic E-state index is 12.8. The van der Waals surface area contributed by atoms with Crippen LogP contribution >= 0.6 is 15.9 Å². The van der Waals surface area contributed by atoms with Crippen molar-refractivity contribution < 1.29 is 0 Å². The van der Waals surface area contributed by atoms with Crippen molar-refractivity contribution in [3.63, 3.8) is 0 Å². The Labute approximate surface area is 143 Å². The van der Waals surface area contributed by atoms with Crippen molar-refractivity contribution in [1.82, 2.24) is 9.55 Å². The fraction of sp³-hybridized carbons (Fsp3) is 0.263. The van der Waals surface area contributed by atoms with Gasteiger partial charge in [0.15, 0.2) is 0 Å². The van der Waals surface area contributed by atoms with Crippen LogP contribution in [0, 0.1) is 0 Å². The van der Waals surface area contributed by atoms with E-state index in [4.69, 9.17) is 4.98 Å². The topological polar surface area (TPSA) is 34.9 Å². The first-order valence-corrected chi connectivity index (χ1v) is 8.75. The zero-order chi connectivity index (χ0) is 15.8. The van der Waals surface area contributed by atoms with Gasteiger partial charge in [-0.1, -0.05) is 46.3 Å². The van der Waals surface area contributed by atoms with Gasteiger partial charge >= 0.3 is 0 Å². The summed E-state index contributed by atoms with van der Waals surface area (Å²) in [6, 6.07) is 16.2. The zero-order valence-electron chi connectivity index (χ0n) is 12.7. The molecule has 0 bridgehead atoms. The molecule has 0 saturated heterocycles. The van der Waals surface area contributed by atoms with Gasteiger partial charge in [0.25, 0.3) is 5.56 Å². The zero-order valence-corrected chi connectivity index (χ0v) is 14.3. The third-order valence-electron chi connectivity index (χ3n) is 4.57. The molecular weight excluding hydrogens is 352 g/mol. The minimum Gasteiger partial charge on any atom is -0.296 e. The molecule has 0 N–H and O–H groups in total. The summed E-state index contributed by atoms with van der Waals surface area (Å²) in [5, 5.41) is 0.706. The standard InChI is InChI=1S/C19H17BrN2O/c20-15-8-9-16-17(12-15)21-18-14(7-4-10-22(18)19(16)23)11-13-5-2-1-3-6-13/h1-3,5-6,8-9,12,14H,4,7,10-11H2. The molecule has 1 aromatic heterocycles. The number of nitrogens with zero attached hydrogens (tertiary/aromatic N) is 2. The lowest BCUT2D eigenvalue weighted by Gasteiger charge is -2.26. The highest BCUT2D eigenvalue weighted by Crippen LogP contribution is 2.29. The van der Waals surface area contributed by atoms with Crippen molar-refractivity contribution in [3.8, 4) is 0 Å². The van der Waals surface area contributed by atoms with Crippen LogP contribution in [0.15, 0.2) is 57.8 Å². The maximum Gasteiger partial charge on any atom is 0.261 e. The van der Waals surface area contributed by atoms with Crippen LogP contribution < -0.4 is 5.56 Å². The van der Waals surface area contributed by atoms with Gasteiger partial charge in [0.1, 0.15) is 5.82 Å². The van der Waals surface area contributed by atoms with Crippen molar-refractivity contribution in [3.05, 3.63) is 74.7 Å². The highest BCUT2D eigenvalue weighted by molar-refractivity contribution is 9.10. The first-order chi connectivity index (χ1) is 11.2. The minimum absolute atomic E-state index is 0.0928. The molecule has 4 rings (SSSR count). The van der Waals surface area contributed by atoms with E-state index in [-0.39, 0.29) is 5.56 Å². The van der Waals surface area contributed by atoms with Crippen molar-refractivity contribution >= 4 is 26.8 Å². The second-order valence-corrected chi connectivity index (χ2v) is 7.03. The van der Waals surface area contributed by atoms with Gasteiger partial charge in [0, 0.05) is 16.9 Å². The molecule has 0 aliphatic carbocycles. The van der Waals surface area contributed by atoms with Crippen LogP contribution in [0.25, 0.3) is 10.9 Å². The summed E-state index contributed by atoms with van der Waals surface area (Å²) in [5.74, 6) is 1.25.